The van der Waals surface area contributed by atoms with Gasteiger partial charge in [-0.2, -0.15) is 0 Å². The van der Waals surface area contributed by atoms with Gasteiger partial charge >= 0.3 is 0 Å². The summed E-state index contributed by atoms with van der Waals surface area (Å²) in [7, 11) is 0. The molecule has 158 valence electrons. The lowest BCUT2D eigenvalue weighted by molar-refractivity contribution is -0.121. The van der Waals surface area contributed by atoms with Gasteiger partial charge < -0.3 is 5.32 Å². The molecule has 1 N–H and O–H groups in total. The predicted octanol–water partition coefficient (Wildman–Crippen LogP) is 7.90. The van der Waals surface area contributed by atoms with Gasteiger partial charge in [0, 0.05) is 6.42 Å². The Morgan fingerprint density at radius 2 is 1.36 bits per heavy atom. The van der Waals surface area contributed by atoms with Crippen LogP contribution in [0.3, 0.4) is 0 Å². The fraction of sp³-hybridized carbons (Fsp3) is 0.654. The highest BCUT2D eigenvalue weighted by Gasteiger charge is 2.08. The van der Waals surface area contributed by atoms with Gasteiger partial charge in [0.05, 0.1) is 6.04 Å². The van der Waals surface area contributed by atoms with Crippen molar-refractivity contribution in [3.05, 3.63) is 48.0 Å². The van der Waals surface area contributed by atoms with Crippen LogP contribution in [0.25, 0.3) is 0 Å². The first-order chi connectivity index (χ1) is 13.7. The molecule has 1 rings (SSSR count). The van der Waals surface area contributed by atoms with E-state index in [2.05, 4.69) is 36.5 Å². The summed E-state index contributed by atoms with van der Waals surface area (Å²) in [4.78, 5) is 12.0. The number of benzene rings is 1. The molecule has 1 amide bonds. The molecular formula is C26H43NO. The molecule has 0 saturated heterocycles. The maximum Gasteiger partial charge on any atom is 0.220 e. The number of unbranched alkanes of at least 4 members (excludes halogenated alkanes) is 11. The van der Waals surface area contributed by atoms with E-state index in [1.165, 1.54) is 76.2 Å². The van der Waals surface area contributed by atoms with Crippen LogP contribution in [0, 0.1) is 0 Å². The van der Waals surface area contributed by atoms with E-state index in [1.54, 1.807) is 0 Å². The SMILES string of the molecule is CCCCCCCC/C=C/CCCCCCCC(=O)N[C@@H](C)c1ccccc1. The van der Waals surface area contributed by atoms with Crippen LogP contribution in [0.15, 0.2) is 42.5 Å². The summed E-state index contributed by atoms with van der Waals surface area (Å²) >= 11 is 0. The van der Waals surface area contributed by atoms with E-state index in [0.29, 0.717) is 6.42 Å². The summed E-state index contributed by atoms with van der Waals surface area (Å²) in [6.07, 6.45) is 22.1. The number of carbonyl (C=O) groups excluding carboxylic acids is 1. The average Bonchev–Trinajstić information content (AvgIpc) is 2.71. The van der Waals surface area contributed by atoms with E-state index >= 15 is 0 Å². The topological polar surface area (TPSA) is 29.1 Å². The van der Waals surface area contributed by atoms with Gasteiger partial charge in [-0.25, -0.2) is 0 Å². The summed E-state index contributed by atoms with van der Waals surface area (Å²) in [5, 5.41) is 3.10. The number of hydrogen-bond acceptors (Lipinski definition) is 1. The van der Waals surface area contributed by atoms with Gasteiger partial charge in [-0.1, -0.05) is 101 Å². The van der Waals surface area contributed by atoms with Crippen LogP contribution >= 0.6 is 0 Å². The molecule has 28 heavy (non-hydrogen) atoms. The van der Waals surface area contributed by atoms with Gasteiger partial charge in [0.2, 0.25) is 5.91 Å². The zero-order valence-corrected chi connectivity index (χ0v) is 18.4. The Kier molecular flexibility index (Phi) is 15.3. The van der Waals surface area contributed by atoms with Crippen LogP contribution in [0.4, 0.5) is 0 Å². The van der Waals surface area contributed by atoms with Crippen molar-refractivity contribution < 1.29 is 4.79 Å². The van der Waals surface area contributed by atoms with Crippen LogP contribution in [0.5, 0.6) is 0 Å². The van der Waals surface area contributed by atoms with Crippen molar-refractivity contribution in [2.45, 2.75) is 110 Å². The largest absolute Gasteiger partial charge is 0.350 e. The second-order valence-corrected chi connectivity index (χ2v) is 8.03. The maximum absolute atomic E-state index is 12.0. The van der Waals surface area contributed by atoms with Crippen LogP contribution in [-0.2, 0) is 4.79 Å². The van der Waals surface area contributed by atoms with Gasteiger partial charge in [0.1, 0.15) is 0 Å². The lowest BCUT2D eigenvalue weighted by Crippen LogP contribution is -2.26. The van der Waals surface area contributed by atoms with Gasteiger partial charge in [-0.3, -0.25) is 4.79 Å². The molecule has 1 aromatic rings. The molecule has 0 aliphatic heterocycles. The summed E-state index contributed by atoms with van der Waals surface area (Å²) in [5.74, 6) is 0.175. The van der Waals surface area contributed by atoms with E-state index in [0.717, 1.165) is 12.8 Å². The molecule has 2 nitrogen and oxygen atoms in total. The van der Waals surface area contributed by atoms with E-state index in [4.69, 9.17) is 0 Å². The predicted molar refractivity (Wildman–Crippen MR) is 122 cm³/mol. The minimum absolute atomic E-state index is 0.0943. The second kappa shape index (κ2) is 17.5. The van der Waals surface area contributed by atoms with Gasteiger partial charge in [-0.05, 0) is 44.6 Å². The molecule has 0 heterocycles. The first kappa shape index (κ1) is 24.5. The zero-order chi connectivity index (χ0) is 20.3. The first-order valence-corrected chi connectivity index (χ1v) is 11.7. The smallest absolute Gasteiger partial charge is 0.220 e. The Balaban J connectivity index is 1.88. The standard InChI is InChI=1S/C26H43NO/c1-3-4-5-6-7-8-9-10-11-12-13-14-15-16-20-23-26(28)27-24(2)25-21-18-17-19-22-25/h10-11,17-19,21-22,24H,3-9,12-16,20,23H2,1-2H3,(H,27,28)/b11-10+/t24-/m0/s1. The van der Waals surface area contributed by atoms with Crippen LogP contribution < -0.4 is 5.32 Å². The monoisotopic (exact) mass is 385 g/mol. The lowest BCUT2D eigenvalue weighted by Gasteiger charge is -2.14. The molecular weight excluding hydrogens is 342 g/mol. The fourth-order valence-corrected chi connectivity index (χ4v) is 3.49. The van der Waals surface area contributed by atoms with Crippen molar-refractivity contribution in [2.24, 2.45) is 0 Å². The Hall–Kier alpha value is -1.57. The molecule has 0 unspecified atom stereocenters. The summed E-state index contributed by atoms with van der Waals surface area (Å²) in [6, 6.07) is 10.3. The Morgan fingerprint density at radius 1 is 0.821 bits per heavy atom. The van der Waals surface area contributed by atoms with Crippen molar-refractivity contribution in [3.63, 3.8) is 0 Å². The number of amides is 1. The van der Waals surface area contributed by atoms with E-state index in [1.807, 2.05) is 25.1 Å². The molecule has 0 aliphatic rings. The van der Waals surface area contributed by atoms with Gasteiger partial charge in [0.15, 0.2) is 0 Å². The Morgan fingerprint density at radius 3 is 1.96 bits per heavy atom. The third-order valence-electron chi connectivity index (χ3n) is 5.34. The summed E-state index contributed by atoms with van der Waals surface area (Å²) in [5.41, 5.74) is 1.17. The molecule has 0 radical (unpaired) electrons. The van der Waals surface area contributed by atoms with Crippen molar-refractivity contribution in [2.75, 3.05) is 0 Å². The molecule has 0 fully saturated rings. The molecule has 0 aliphatic carbocycles. The van der Waals surface area contributed by atoms with Crippen LogP contribution in [0.2, 0.25) is 0 Å². The number of carbonyl (C=O) groups is 1. The quantitative estimate of drug-likeness (QED) is 0.214. The van der Waals surface area contributed by atoms with E-state index in [-0.39, 0.29) is 11.9 Å². The minimum atomic E-state index is 0.0943. The highest BCUT2D eigenvalue weighted by Crippen LogP contribution is 2.13. The van der Waals surface area contributed by atoms with Crippen molar-refractivity contribution in [1.82, 2.24) is 5.32 Å². The molecule has 1 atom stereocenters. The zero-order valence-electron chi connectivity index (χ0n) is 18.4. The molecule has 0 saturated carbocycles. The number of allylic oxidation sites excluding steroid dienone is 2. The number of nitrogens with one attached hydrogen (secondary N) is 1. The van der Waals surface area contributed by atoms with Gasteiger partial charge in [-0.15, -0.1) is 0 Å². The van der Waals surface area contributed by atoms with Crippen molar-refractivity contribution in [1.29, 1.82) is 0 Å². The maximum atomic E-state index is 12.0. The van der Waals surface area contributed by atoms with Gasteiger partial charge in [0.25, 0.3) is 0 Å². The summed E-state index contributed by atoms with van der Waals surface area (Å²) < 4.78 is 0. The number of hydrogen-bond donors (Lipinski definition) is 1. The second-order valence-electron chi connectivity index (χ2n) is 8.03. The molecule has 0 aromatic heterocycles. The Bertz CT molecular complexity index is 508. The van der Waals surface area contributed by atoms with Crippen LogP contribution in [-0.4, -0.2) is 5.91 Å². The highest BCUT2D eigenvalue weighted by molar-refractivity contribution is 5.76. The first-order valence-electron chi connectivity index (χ1n) is 11.7. The molecule has 2 heteroatoms. The van der Waals surface area contributed by atoms with E-state index in [9.17, 15) is 4.79 Å². The average molecular weight is 386 g/mol. The van der Waals surface area contributed by atoms with Crippen molar-refractivity contribution in [3.8, 4) is 0 Å². The third kappa shape index (κ3) is 13.6. The number of rotatable bonds is 17. The third-order valence-corrected chi connectivity index (χ3v) is 5.34. The molecule has 0 spiro atoms. The molecule has 1 aromatic carbocycles. The van der Waals surface area contributed by atoms with E-state index < -0.39 is 0 Å². The normalized spacial score (nSPS) is 12.4. The Labute approximate surface area is 174 Å². The summed E-state index contributed by atoms with van der Waals surface area (Å²) in [6.45, 7) is 4.32. The van der Waals surface area contributed by atoms with Crippen molar-refractivity contribution >= 4 is 5.91 Å². The minimum Gasteiger partial charge on any atom is -0.350 e. The fourth-order valence-electron chi connectivity index (χ4n) is 3.49. The lowest BCUT2D eigenvalue weighted by atomic mass is 10.1. The van der Waals surface area contributed by atoms with Crippen LogP contribution in [0.1, 0.15) is 115 Å². The molecule has 0 bridgehead atoms. The highest BCUT2D eigenvalue weighted by atomic mass is 16.1.